The van der Waals surface area contributed by atoms with Gasteiger partial charge in [-0.25, -0.2) is 14.4 Å². The number of aliphatic carboxylic acids is 2. The molecule has 0 unspecified atom stereocenters. The van der Waals surface area contributed by atoms with Crippen LogP contribution < -0.4 is 10.9 Å². The van der Waals surface area contributed by atoms with Crippen LogP contribution in [0.5, 0.6) is 0 Å². The summed E-state index contributed by atoms with van der Waals surface area (Å²) in [6, 6.07) is 21.7. The molecule has 1 aromatic heterocycles. The van der Waals surface area contributed by atoms with E-state index in [4.69, 9.17) is 61.5 Å². The van der Waals surface area contributed by atoms with Crippen LogP contribution in [-0.4, -0.2) is 117 Å². The Morgan fingerprint density at radius 3 is 1.39 bits per heavy atom. The number of hydrogen-bond acceptors (Lipinski definition) is 17. The van der Waals surface area contributed by atoms with Crippen molar-refractivity contribution in [1.82, 2.24) is 10.2 Å². The Bertz CT molecular complexity index is 3170. The Hall–Kier alpha value is -7.58. The lowest BCUT2D eigenvalue weighted by Crippen LogP contribution is -2.44. The highest BCUT2D eigenvalue weighted by molar-refractivity contribution is 6.63. The van der Waals surface area contributed by atoms with Gasteiger partial charge < -0.3 is 48.5 Å². The van der Waals surface area contributed by atoms with Gasteiger partial charge in [0.15, 0.2) is 0 Å². The van der Waals surface area contributed by atoms with E-state index in [2.05, 4.69) is 5.32 Å². The third-order valence-electron chi connectivity index (χ3n) is 13.0. The summed E-state index contributed by atoms with van der Waals surface area (Å²) in [7, 11) is 3.85. The molecule has 1 aliphatic carbocycles. The van der Waals surface area contributed by atoms with Crippen molar-refractivity contribution >= 4 is 87.1 Å². The molecule has 0 saturated heterocycles. The first-order valence-corrected chi connectivity index (χ1v) is 31.7. The summed E-state index contributed by atoms with van der Waals surface area (Å²) in [6.45, 7) is 32.5. The number of carbonyl (C=O) groups is 9. The van der Waals surface area contributed by atoms with Crippen LogP contribution in [0.15, 0.2) is 92.7 Å². The Labute approximate surface area is 558 Å². The normalized spacial score (nSPS) is 12.9. The van der Waals surface area contributed by atoms with Crippen LogP contribution in [0, 0.1) is 24.7 Å². The summed E-state index contributed by atoms with van der Waals surface area (Å²) in [4.78, 5) is 117. The second-order valence-electron chi connectivity index (χ2n) is 27.1. The third kappa shape index (κ3) is 34.8. The molecule has 4 atom stereocenters. The van der Waals surface area contributed by atoms with Crippen molar-refractivity contribution in [3.63, 3.8) is 0 Å². The molecule has 4 aromatic rings. The molecule has 0 saturated carbocycles. The molecular formula is C71H100Cl2N2O18. The summed E-state index contributed by atoms with van der Waals surface area (Å²) < 4.78 is 31.5. The number of carboxylic acid groups (broad SMARTS) is 2. The van der Waals surface area contributed by atoms with Gasteiger partial charge in [0.05, 0.1) is 17.8 Å². The highest BCUT2D eigenvalue weighted by Gasteiger charge is 2.32. The number of benzene rings is 3. The predicted octanol–water partition coefficient (Wildman–Crippen LogP) is 14.4. The lowest BCUT2D eigenvalue weighted by atomic mass is 9.98. The first-order chi connectivity index (χ1) is 42.7. The van der Waals surface area contributed by atoms with E-state index in [9.17, 15) is 47.9 Å². The molecule has 0 bridgehead atoms. The van der Waals surface area contributed by atoms with E-state index < -0.39 is 63.3 Å². The van der Waals surface area contributed by atoms with Crippen LogP contribution in [0.25, 0.3) is 22.1 Å². The second kappa shape index (κ2) is 38.6. The molecule has 516 valence electrons. The Morgan fingerprint density at radius 2 is 0.989 bits per heavy atom. The smallest absolute Gasteiger partial charge is 0.407 e. The van der Waals surface area contributed by atoms with Crippen molar-refractivity contribution in [2.75, 3.05) is 20.7 Å². The molecule has 93 heavy (non-hydrogen) atoms. The number of amides is 1. The minimum absolute atomic E-state index is 0.000406. The van der Waals surface area contributed by atoms with Gasteiger partial charge in [-0.3, -0.25) is 33.6 Å². The zero-order valence-corrected chi connectivity index (χ0v) is 59.5. The zero-order valence-electron chi connectivity index (χ0n) is 58.0. The number of ketones is 1. The van der Waals surface area contributed by atoms with E-state index in [0.29, 0.717) is 31.3 Å². The van der Waals surface area contributed by atoms with E-state index in [-0.39, 0.29) is 86.1 Å². The maximum Gasteiger partial charge on any atom is 0.407 e. The van der Waals surface area contributed by atoms with Crippen LogP contribution in [0.4, 0.5) is 4.79 Å². The van der Waals surface area contributed by atoms with E-state index in [0.717, 1.165) is 49.5 Å². The SMILES string of the molecule is CC(C)(C)OC(=O)[C@H](CCC(=O)O)NC(=O)OCC1c2ccccc2-c2ccccc21.CC(C)=C(Cl)N(C)C.C[C@@H](CCC(=O)Cl)C(=O)OC(C)(C)C.C[C@@H](CCC(=O)O)C(=O)OC(C)(C)C.Cc1cc(=O)oc2cc(CC(=O)CC[C@H](C)C(=O)OC(C)(C)C)ccc12. The number of ether oxygens (including phenoxy) is 5. The first kappa shape index (κ1) is 83.4. The Morgan fingerprint density at radius 1 is 0.581 bits per heavy atom. The average molecular weight is 1340 g/mol. The molecule has 1 amide bonds. The van der Waals surface area contributed by atoms with Gasteiger partial charge in [0.2, 0.25) is 5.24 Å². The van der Waals surface area contributed by atoms with Crippen molar-refractivity contribution < 1.29 is 81.5 Å². The lowest BCUT2D eigenvalue weighted by Gasteiger charge is -2.24. The van der Waals surface area contributed by atoms with Gasteiger partial charge >= 0.3 is 47.5 Å². The lowest BCUT2D eigenvalue weighted by molar-refractivity contribution is -0.161. The van der Waals surface area contributed by atoms with Crippen molar-refractivity contribution in [1.29, 1.82) is 0 Å². The number of halogens is 2. The van der Waals surface area contributed by atoms with Crippen LogP contribution >= 0.6 is 23.2 Å². The van der Waals surface area contributed by atoms with Crippen LogP contribution in [0.2, 0.25) is 0 Å². The molecule has 3 N–H and O–H groups in total. The van der Waals surface area contributed by atoms with Gasteiger partial charge in [-0.15, -0.1) is 0 Å². The van der Waals surface area contributed by atoms with Crippen molar-refractivity contribution in [2.24, 2.45) is 17.8 Å². The molecule has 0 aliphatic heterocycles. The summed E-state index contributed by atoms with van der Waals surface area (Å²) in [6.07, 6.45) is 0.815. The fourth-order valence-electron chi connectivity index (χ4n) is 8.52. The molecule has 0 radical (unpaired) electrons. The number of nitrogens with one attached hydrogen (secondary N) is 1. The highest BCUT2D eigenvalue weighted by atomic mass is 35.5. The maximum absolute atomic E-state index is 12.5. The van der Waals surface area contributed by atoms with Crippen molar-refractivity contribution in [3.05, 3.63) is 116 Å². The highest BCUT2D eigenvalue weighted by Crippen LogP contribution is 2.44. The zero-order chi connectivity index (χ0) is 71.5. The molecule has 0 fully saturated rings. The number of carbonyl (C=O) groups excluding carboxylic acids is 7. The van der Waals surface area contributed by atoms with Gasteiger partial charge in [-0.05, 0) is 186 Å². The topological polar surface area (TPSA) is 286 Å². The summed E-state index contributed by atoms with van der Waals surface area (Å²) in [5.74, 6) is -4.59. The first-order valence-electron chi connectivity index (χ1n) is 30.9. The van der Waals surface area contributed by atoms with E-state index >= 15 is 0 Å². The average Bonchev–Trinajstić information content (AvgIpc) is 1.65. The maximum atomic E-state index is 12.5. The minimum atomic E-state index is -1.11. The van der Waals surface area contributed by atoms with Crippen molar-refractivity contribution in [2.45, 2.75) is 217 Å². The van der Waals surface area contributed by atoms with E-state index in [1.54, 1.807) is 68.4 Å². The number of Topliss-reactive ketones (excluding diaryl/α,β-unsaturated/α-hetero) is 1. The Kier molecular flexibility index (Phi) is 34.6. The molecule has 3 aromatic carbocycles. The molecule has 22 heteroatoms. The molecule has 0 spiro atoms. The number of alkyl carbamates (subject to hydrolysis) is 1. The van der Waals surface area contributed by atoms with Crippen LogP contribution in [-0.2, 0) is 68.5 Å². The number of esters is 4. The second-order valence-corrected chi connectivity index (χ2v) is 27.9. The fraction of sp³-hybridized carbons (Fsp3) is 0.549. The number of aryl methyl sites for hydroxylation is 1. The molecule has 20 nitrogen and oxygen atoms in total. The quantitative estimate of drug-likeness (QED) is 0.0217. The number of nitrogens with zero attached hydrogens (tertiary/aromatic N) is 1. The molecule has 1 heterocycles. The number of rotatable bonds is 22. The molecular weight excluding hydrogens is 1240 g/mol. The van der Waals surface area contributed by atoms with Crippen LogP contribution in [0.3, 0.4) is 0 Å². The van der Waals surface area contributed by atoms with Gasteiger partial charge in [0.1, 0.15) is 51.6 Å². The summed E-state index contributed by atoms with van der Waals surface area (Å²) in [5.41, 5.74) is 4.98. The van der Waals surface area contributed by atoms with E-state index in [1.165, 1.54) is 6.07 Å². The summed E-state index contributed by atoms with van der Waals surface area (Å²) >= 11 is 10.9. The minimum Gasteiger partial charge on any atom is -0.481 e. The van der Waals surface area contributed by atoms with Crippen LogP contribution in [0.1, 0.15) is 197 Å². The standard InChI is InChI=1S/C24H27NO6.C21H26O5.C10H17ClO3.C10H18O4.C6H12ClN/c1-24(2,3)31-22(28)20(12-13-21(26)27)25-23(29)30-14-19-17-10-6-4-8-15(17)16-9-5-7-11-18(16)19;1-13(20(24)26-21(3,4)5)6-8-16(22)11-15-7-9-17-14(2)10-19(23)25-18(17)12-15;2*1-7(5-6-8(11)12)9(13)14-10(2,3)4;1-5(2)6(7)8(3)4/h4-11,19-20H,12-14H2,1-3H3,(H,25,29)(H,26,27);7,9-10,12-13H,6,8,11H2,1-5H3;7H,5-6H2,1-4H3;7H,5-6H2,1-4H3,(H,11,12);1-4H3/t20-;13-;2*7-;/m0000./s1. The number of allylic oxidation sites excluding steroid dienone is 1. The predicted molar refractivity (Wildman–Crippen MR) is 360 cm³/mol. The van der Waals surface area contributed by atoms with Gasteiger partial charge in [-0.2, -0.15) is 0 Å². The van der Waals surface area contributed by atoms with Gasteiger partial charge in [0, 0.05) is 63.6 Å². The van der Waals surface area contributed by atoms with Gasteiger partial charge in [-0.1, -0.05) is 93.0 Å². The fourth-order valence-corrected chi connectivity index (χ4v) is 8.63. The largest absolute Gasteiger partial charge is 0.481 e. The number of carboxylic acids is 2. The molecule has 5 rings (SSSR count). The Balaban J connectivity index is 0.000000626. The number of fused-ring (bicyclic) bond motifs is 4. The van der Waals surface area contributed by atoms with Gasteiger partial charge in [0.25, 0.3) is 0 Å². The summed E-state index contributed by atoms with van der Waals surface area (Å²) in [5, 5.41) is 21.1. The van der Waals surface area contributed by atoms with E-state index in [1.807, 2.05) is 142 Å². The molecule has 1 aliphatic rings. The van der Waals surface area contributed by atoms with Crippen molar-refractivity contribution in [3.8, 4) is 11.1 Å². The number of hydrogen-bond donors (Lipinski definition) is 3. The monoisotopic (exact) mass is 1340 g/mol. The third-order valence-corrected chi connectivity index (χ3v) is 13.9.